The lowest BCUT2D eigenvalue weighted by Gasteiger charge is -2.29. The summed E-state index contributed by atoms with van der Waals surface area (Å²) < 4.78 is 27.7. The van der Waals surface area contributed by atoms with Gasteiger partial charge in [-0.15, -0.1) is 0 Å². The molecule has 0 amide bonds. The summed E-state index contributed by atoms with van der Waals surface area (Å²) in [5, 5.41) is 19.2. The Morgan fingerprint density at radius 3 is 2.30 bits per heavy atom. The molecule has 1 N–H and O–H groups in total. The number of hydrogen-bond donors (Lipinski definition) is 1. The lowest BCUT2D eigenvalue weighted by molar-refractivity contribution is -0.385. The first-order valence-electron chi connectivity index (χ1n) is 5.89. The van der Waals surface area contributed by atoms with Crippen LogP contribution in [0.4, 0.5) is 20.2 Å². The first-order chi connectivity index (χ1) is 9.27. The van der Waals surface area contributed by atoms with Gasteiger partial charge in [-0.3, -0.25) is 14.9 Å². The average molecular weight is 288 g/mol. The molecule has 20 heavy (non-hydrogen) atoms. The van der Waals surface area contributed by atoms with Crippen LogP contribution in [0.5, 0.6) is 0 Å². The van der Waals surface area contributed by atoms with E-state index in [1.54, 1.807) is 6.92 Å². The zero-order chi connectivity index (χ0) is 15.4. The molecule has 1 aromatic carbocycles. The van der Waals surface area contributed by atoms with Gasteiger partial charge in [-0.1, -0.05) is 0 Å². The molecule has 0 aliphatic heterocycles. The molecule has 0 saturated carbocycles. The summed E-state index contributed by atoms with van der Waals surface area (Å²) in [5.74, 6) is -3.27. The molecule has 8 heteroatoms. The highest BCUT2D eigenvalue weighted by atomic mass is 19.1. The van der Waals surface area contributed by atoms with Crippen molar-refractivity contribution in [2.75, 3.05) is 11.4 Å². The van der Waals surface area contributed by atoms with Crippen LogP contribution in [0.2, 0.25) is 0 Å². The minimum Gasteiger partial charge on any atom is -0.481 e. The molecule has 1 atom stereocenters. The average Bonchev–Trinajstić information content (AvgIpc) is 2.32. The van der Waals surface area contributed by atoms with Gasteiger partial charge in [0.05, 0.1) is 23.5 Å². The minimum absolute atomic E-state index is 0.167. The molecular formula is C12H14F2N2O4. The Balaban J connectivity index is 3.22. The highest BCUT2D eigenvalue weighted by Crippen LogP contribution is 2.29. The van der Waals surface area contributed by atoms with E-state index in [0.717, 1.165) is 0 Å². The first-order valence-corrected chi connectivity index (χ1v) is 5.89. The van der Waals surface area contributed by atoms with Crippen molar-refractivity contribution in [1.29, 1.82) is 0 Å². The maximum atomic E-state index is 13.9. The van der Waals surface area contributed by atoms with Gasteiger partial charge in [0.15, 0.2) is 11.6 Å². The molecule has 0 spiro atoms. The Labute approximate surface area is 113 Å². The zero-order valence-electron chi connectivity index (χ0n) is 11.0. The number of non-ortho nitro benzene ring substituents is 1. The Bertz CT molecular complexity index is 513. The molecule has 110 valence electrons. The molecular weight excluding hydrogens is 274 g/mol. The van der Waals surface area contributed by atoms with Crippen molar-refractivity contribution < 1.29 is 23.6 Å². The van der Waals surface area contributed by atoms with Crippen molar-refractivity contribution in [3.8, 4) is 0 Å². The maximum absolute atomic E-state index is 13.9. The van der Waals surface area contributed by atoms with E-state index >= 15 is 0 Å². The van der Waals surface area contributed by atoms with Crippen LogP contribution < -0.4 is 4.90 Å². The third kappa shape index (κ3) is 3.40. The molecule has 0 aliphatic carbocycles. The Kier molecular flexibility index (Phi) is 4.95. The summed E-state index contributed by atoms with van der Waals surface area (Å²) in [6.45, 7) is 3.29. The first kappa shape index (κ1) is 15.8. The van der Waals surface area contributed by atoms with E-state index in [2.05, 4.69) is 0 Å². The van der Waals surface area contributed by atoms with Crippen LogP contribution in [0.3, 0.4) is 0 Å². The zero-order valence-corrected chi connectivity index (χ0v) is 11.0. The van der Waals surface area contributed by atoms with Gasteiger partial charge in [-0.05, 0) is 13.8 Å². The van der Waals surface area contributed by atoms with Crippen LogP contribution in [0, 0.1) is 21.7 Å². The molecule has 0 aromatic heterocycles. The van der Waals surface area contributed by atoms with Crippen molar-refractivity contribution in [2.45, 2.75) is 26.3 Å². The number of carboxylic acids is 1. The predicted octanol–water partition coefficient (Wildman–Crippen LogP) is 2.56. The SMILES string of the molecule is CCN(c1c(F)cc([N+](=O)[O-])cc1F)C(C)CC(=O)O. The van der Waals surface area contributed by atoms with E-state index in [-0.39, 0.29) is 13.0 Å². The van der Waals surface area contributed by atoms with Gasteiger partial charge < -0.3 is 10.0 Å². The summed E-state index contributed by atoms with van der Waals surface area (Å²) in [5.41, 5.74) is -1.14. The van der Waals surface area contributed by atoms with E-state index in [4.69, 9.17) is 5.11 Å². The Morgan fingerprint density at radius 1 is 1.45 bits per heavy atom. The van der Waals surface area contributed by atoms with Crippen molar-refractivity contribution in [3.63, 3.8) is 0 Å². The van der Waals surface area contributed by atoms with Gasteiger partial charge in [0.1, 0.15) is 5.69 Å². The van der Waals surface area contributed by atoms with Gasteiger partial charge in [-0.2, -0.15) is 0 Å². The summed E-state index contributed by atoms with van der Waals surface area (Å²) in [6, 6.07) is 0.589. The number of benzene rings is 1. The van der Waals surface area contributed by atoms with Crippen LogP contribution >= 0.6 is 0 Å². The number of aliphatic carboxylic acids is 1. The second kappa shape index (κ2) is 6.27. The lowest BCUT2D eigenvalue weighted by Crippen LogP contribution is -2.36. The van der Waals surface area contributed by atoms with E-state index in [1.807, 2.05) is 0 Å². The fourth-order valence-electron chi connectivity index (χ4n) is 1.99. The number of nitro benzene ring substituents is 1. The third-order valence-electron chi connectivity index (χ3n) is 2.84. The van der Waals surface area contributed by atoms with E-state index in [0.29, 0.717) is 12.1 Å². The summed E-state index contributed by atoms with van der Waals surface area (Å²) in [7, 11) is 0. The Hall–Kier alpha value is -2.25. The maximum Gasteiger partial charge on any atom is 0.305 e. The molecule has 0 radical (unpaired) electrons. The van der Waals surface area contributed by atoms with Crippen LogP contribution in [0.1, 0.15) is 20.3 Å². The largest absolute Gasteiger partial charge is 0.481 e. The number of hydrogen-bond acceptors (Lipinski definition) is 4. The third-order valence-corrected chi connectivity index (χ3v) is 2.84. The topological polar surface area (TPSA) is 83.7 Å². The van der Waals surface area contributed by atoms with Crippen molar-refractivity contribution >= 4 is 17.3 Å². The number of halogens is 2. The number of nitro groups is 1. The number of carbonyl (C=O) groups is 1. The number of nitrogens with zero attached hydrogens (tertiary/aromatic N) is 2. The van der Waals surface area contributed by atoms with E-state index < -0.39 is 39.9 Å². The van der Waals surface area contributed by atoms with Gasteiger partial charge >= 0.3 is 5.97 Å². The summed E-state index contributed by atoms with van der Waals surface area (Å²) >= 11 is 0. The summed E-state index contributed by atoms with van der Waals surface area (Å²) in [6.07, 6.45) is -0.302. The minimum atomic E-state index is -1.10. The Morgan fingerprint density at radius 2 is 1.95 bits per heavy atom. The molecule has 0 fully saturated rings. The van der Waals surface area contributed by atoms with Crippen LogP contribution in [-0.2, 0) is 4.79 Å². The standard InChI is InChI=1S/C12H14F2N2O4/c1-3-15(7(2)4-11(17)18)12-9(13)5-8(16(19)20)6-10(12)14/h5-7H,3-4H2,1-2H3,(H,17,18). The summed E-state index contributed by atoms with van der Waals surface area (Å²) in [4.78, 5) is 21.5. The molecule has 0 bridgehead atoms. The highest BCUT2D eigenvalue weighted by Gasteiger charge is 2.25. The number of rotatable bonds is 6. The second-order valence-electron chi connectivity index (χ2n) is 4.25. The fraction of sp³-hybridized carbons (Fsp3) is 0.417. The van der Waals surface area contributed by atoms with E-state index in [9.17, 15) is 23.7 Å². The van der Waals surface area contributed by atoms with Gasteiger partial charge in [-0.25, -0.2) is 8.78 Å². The quantitative estimate of drug-likeness (QED) is 0.642. The molecule has 0 heterocycles. The van der Waals surface area contributed by atoms with Crippen LogP contribution in [0.15, 0.2) is 12.1 Å². The van der Waals surface area contributed by atoms with Crippen molar-refractivity contribution in [2.24, 2.45) is 0 Å². The monoisotopic (exact) mass is 288 g/mol. The fourth-order valence-corrected chi connectivity index (χ4v) is 1.99. The molecule has 1 unspecified atom stereocenters. The predicted molar refractivity (Wildman–Crippen MR) is 67.7 cm³/mol. The molecule has 1 aromatic rings. The number of carboxylic acid groups (broad SMARTS) is 1. The van der Waals surface area contributed by atoms with Crippen LogP contribution in [-0.4, -0.2) is 28.6 Å². The molecule has 0 aliphatic rings. The smallest absolute Gasteiger partial charge is 0.305 e. The van der Waals surface area contributed by atoms with Gasteiger partial charge in [0.25, 0.3) is 5.69 Å². The highest BCUT2D eigenvalue weighted by molar-refractivity contribution is 5.68. The van der Waals surface area contributed by atoms with E-state index in [1.165, 1.54) is 11.8 Å². The van der Waals surface area contributed by atoms with Crippen LogP contribution in [0.25, 0.3) is 0 Å². The molecule has 6 nitrogen and oxygen atoms in total. The normalized spacial score (nSPS) is 12.0. The van der Waals surface area contributed by atoms with Gasteiger partial charge in [0.2, 0.25) is 0 Å². The van der Waals surface area contributed by atoms with Crippen molar-refractivity contribution in [3.05, 3.63) is 33.9 Å². The second-order valence-corrected chi connectivity index (χ2v) is 4.25. The van der Waals surface area contributed by atoms with Crippen molar-refractivity contribution in [1.82, 2.24) is 0 Å². The molecule has 1 rings (SSSR count). The lowest BCUT2D eigenvalue weighted by atomic mass is 10.1. The van der Waals surface area contributed by atoms with Gasteiger partial charge in [0, 0.05) is 12.6 Å². The number of anilines is 1. The molecule has 0 saturated heterocycles.